The van der Waals surface area contributed by atoms with Gasteiger partial charge in [0, 0.05) is 30.2 Å². The number of aromatic nitrogens is 2. The molecule has 0 saturated carbocycles. The molecular weight excluding hydrogens is 277 g/mol. The Balaban J connectivity index is 1.79. The average Bonchev–Trinajstić information content (AvgIpc) is 2.98. The number of hydrogen-bond donors (Lipinski definition) is 1. The molecule has 0 unspecified atom stereocenters. The van der Waals surface area contributed by atoms with E-state index in [-0.39, 0.29) is 11.7 Å². The smallest absolute Gasteiger partial charge is 0.271 e. The van der Waals surface area contributed by atoms with Crippen LogP contribution in [0.15, 0.2) is 30.3 Å². The van der Waals surface area contributed by atoms with Crippen molar-refractivity contribution in [1.82, 2.24) is 15.1 Å². The third-order valence-electron chi connectivity index (χ3n) is 3.25. The van der Waals surface area contributed by atoms with E-state index < -0.39 is 0 Å². The first-order chi connectivity index (χ1) is 9.74. The summed E-state index contributed by atoms with van der Waals surface area (Å²) < 4.78 is 12.9. The number of halogens is 1. The van der Waals surface area contributed by atoms with Gasteiger partial charge in [0.2, 0.25) is 0 Å². The number of carbonyl (C=O) groups is 1. The Bertz CT molecular complexity index is 605. The minimum Gasteiger partial charge on any atom is -0.336 e. The van der Waals surface area contributed by atoms with Crippen LogP contribution in [0.2, 0.25) is 0 Å². The molecule has 1 N–H and O–H groups in total. The van der Waals surface area contributed by atoms with Crippen molar-refractivity contribution in [2.24, 2.45) is 0 Å². The average molecular weight is 291 g/mol. The fraction of sp³-hybridized carbons (Fsp3) is 0.286. The number of hydrogen-bond acceptors (Lipinski definition) is 3. The lowest BCUT2D eigenvalue weighted by atomic mass is 10.1. The molecule has 0 aliphatic carbocycles. The molecule has 4 nitrogen and oxygen atoms in total. The fourth-order valence-corrected chi connectivity index (χ4v) is 3.04. The SMILES string of the molecule is O=C(c1cc(-c2ccc(F)cc2)n[nH]1)N1CCSCC1. The maximum atomic E-state index is 12.9. The lowest BCUT2D eigenvalue weighted by molar-refractivity contribution is 0.0766. The van der Waals surface area contributed by atoms with E-state index in [1.807, 2.05) is 16.7 Å². The van der Waals surface area contributed by atoms with Crippen molar-refractivity contribution in [1.29, 1.82) is 0 Å². The molecule has 20 heavy (non-hydrogen) atoms. The number of aromatic amines is 1. The molecule has 2 heterocycles. The summed E-state index contributed by atoms with van der Waals surface area (Å²) in [6.45, 7) is 1.54. The monoisotopic (exact) mass is 291 g/mol. The first-order valence-corrected chi connectivity index (χ1v) is 7.58. The van der Waals surface area contributed by atoms with Gasteiger partial charge in [0.15, 0.2) is 0 Å². The highest BCUT2D eigenvalue weighted by Crippen LogP contribution is 2.19. The molecule has 1 aliphatic heterocycles. The van der Waals surface area contributed by atoms with E-state index >= 15 is 0 Å². The second-order valence-electron chi connectivity index (χ2n) is 4.58. The van der Waals surface area contributed by atoms with Crippen molar-refractivity contribution >= 4 is 17.7 Å². The van der Waals surface area contributed by atoms with Gasteiger partial charge >= 0.3 is 0 Å². The van der Waals surface area contributed by atoms with Gasteiger partial charge in [0.25, 0.3) is 5.91 Å². The van der Waals surface area contributed by atoms with Gasteiger partial charge in [-0.05, 0) is 30.3 Å². The summed E-state index contributed by atoms with van der Waals surface area (Å²) in [7, 11) is 0. The van der Waals surface area contributed by atoms with E-state index in [9.17, 15) is 9.18 Å². The van der Waals surface area contributed by atoms with Crippen molar-refractivity contribution in [2.45, 2.75) is 0 Å². The van der Waals surface area contributed by atoms with Crippen molar-refractivity contribution in [3.63, 3.8) is 0 Å². The molecule has 1 fully saturated rings. The largest absolute Gasteiger partial charge is 0.336 e. The molecule has 1 aliphatic rings. The van der Waals surface area contributed by atoms with Crippen LogP contribution in [0.4, 0.5) is 4.39 Å². The van der Waals surface area contributed by atoms with Gasteiger partial charge in [0.1, 0.15) is 11.5 Å². The van der Waals surface area contributed by atoms with Crippen LogP contribution >= 0.6 is 11.8 Å². The second-order valence-corrected chi connectivity index (χ2v) is 5.80. The van der Waals surface area contributed by atoms with E-state index in [1.165, 1.54) is 12.1 Å². The third kappa shape index (κ3) is 2.70. The van der Waals surface area contributed by atoms with Gasteiger partial charge in [-0.1, -0.05) is 0 Å². The molecule has 1 saturated heterocycles. The van der Waals surface area contributed by atoms with Crippen LogP contribution in [-0.4, -0.2) is 45.6 Å². The van der Waals surface area contributed by atoms with Crippen LogP contribution in [0.3, 0.4) is 0 Å². The maximum absolute atomic E-state index is 12.9. The van der Waals surface area contributed by atoms with Crippen LogP contribution < -0.4 is 0 Å². The number of nitrogens with one attached hydrogen (secondary N) is 1. The highest BCUT2D eigenvalue weighted by atomic mass is 32.2. The zero-order chi connectivity index (χ0) is 13.9. The van der Waals surface area contributed by atoms with Crippen LogP contribution in [0.1, 0.15) is 10.5 Å². The molecule has 6 heteroatoms. The summed E-state index contributed by atoms with van der Waals surface area (Å²) in [5.74, 6) is 1.65. The van der Waals surface area contributed by atoms with Crippen LogP contribution in [0.25, 0.3) is 11.3 Å². The van der Waals surface area contributed by atoms with E-state index in [4.69, 9.17) is 0 Å². The standard InChI is InChI=1S/C14H14FN3OS/c15-11-3-1-10(2-4-11)12-9-13(17-16-12)14(19)18-5-7-20-8-6-18/h1-4,9H,5-8H2,(H,16,17). The first kappa shape index (κ1) is 13.2. The summed E-state index contributed by atoms with van der Waals surface area (Å²) in [5.41, 5.74) is 1.92. The van der Waals surface area contributed by atoms with Gasteiger partial charge in [-0.3, -0.25) is 9.89 Å². The fourth-order valence-electron chi connectivity index (χ4n) is 2.14. The molecule has 3 rings (SSSR count). The van der Waals surface area contributed by atoms with Gasteiger partial charge in [-0.2, -0.15) is 16.9 Å². The molecule has 2 aromatic rings. The minimum absolute atomic E-state index is 0.0221. The number of benzene rings is 1. The summed E-state index contributed by atoms with van der Waals surface area (Å²) in [6, 6.07) is 7.78. The lowest BCUT2D eigenvalue weighted by Gasteiger charge is -2.25. The normalized spacial score (nSPS) is 15.3. The van der Waals surface area contributed by atoms with Crippen LogP contribution in [-0.2, 0) is 0 Å². The summed E-state index contributed by atoms with van der Waals surface area (Å²) in [5, 5.41) is 6.91. The molecule has 1 aromatic heterocycles. The van der Waals surface area contributed by atoms with Gasteiger partial charge in [-0.15, -0.1) is 0 Å². The van der Waals surface area contributed by atoms with E-state index in [1.54, 1.807) is 18.2 Å². The predicted molar refractivity (Wildman–Crippen MR) is 77.2 cm³/mol. The molecule has 1 aromatic carbocycles. The number of nitrogens with zero attached hydrogens (tertiary/aromatic N) is 2. The highest BCUT2D eigenvalue weighted by molar-refractivity contribution is 7.99. The zero-order valence-corrected chi connectivity index (χ0v) is 11.6. The van der Waals surface area contributed by atoms with E-state index in [0.717, 1.165) is 30.2 Å². The predicted octanol–water partition coefficient (Wildman–Crippen LogP) is 2.40. The van der Waals surface area contributed by atoms with E-state index in [2.05, 4.69) is 10.2 Å². The van der Waals surface area contributed by atoms with Crippen molar-refractivity contribution < 1.29 is 9.18 Å². The van der Waals surface area contributed by atoms with Gasteiger partial charge < -0.3 is 4.90 Å². The second kappa shape index (κ2) is 5.66. The molecule has 104 valence electrons. The Hall–Kier alpha value is -1.82. The molecule has 0 bridgehead atoms. The molecule has 1 amide bonds. The first-order valence-electron chi connectivity index (χ1n) is 6.42. The van der Waals surface area contributed by atoms with Crippen molar-refractivity contribution in [3.05, 3.63) is 41.8 Å². The van der Waals surface area contributed by atoms with Crippen molar-refractivity contribution in [3.8, 4) is 11.3 Å². The Labute approximate surface area is 120 Å². The topological polar surface area (TPSA) is 49.0 Å². The quantitative estimate of drug-likeness (QED) is 0.924. The lowest BCUT2D eigenvalue weighted by Crippen LogP contribution is -2.38. The highest BCUT2D eigenvalue weighted by Gasteiger charge is 2.20. The van der Waals surface area contributed by atoms with Gasteiger partial charge in [-0.25, -0.2) is 4.39 Å². The molecule has 0 spiro atoms. The van der Waals surface area contributed by atoms with E-state index in [0.29, 0.717) is 11.4 Å². The Morgan fingerprint density at radius 2 is 1.95 bits per heavy atom. The Kier molecular flexibility index (Phi) is 3.73. The molecular formula is C14H14FN3OS. The van der Waals surface area contributed by atoms with Crippen molar-refractivity contribution in [2.75, 3.05) is 24.6 Å². The summed E-state index contributed by atoms with van der Waals surface area (Å²) in [4.78, 5) is 14.1. The summed E-state index contributed by atoms with van der Waals surface area (Å²) >= 11 is 1.86. The molecule has 0 atom stereocenters. The number of rotatable bonds is 2. The Morgan fingerprint density at radius 1 is 1.25 bits per heavy atom. The van der Waals surface area contributed by atoms with Gasteiger partial charge in [0.05, 0.1) is 5.69 Å². The van der Waals surface area contributed by atoms with Crippen LogP contribution in [0.5, 0.6) is 0 Å². The number of thioether (sulfide) groups is 1. The van der Waals surface area contributed by atoms with Crippen LogP contribution in [0, 0.1) is 5.82 Å². The zero-order valence-electron chi connectivity index (χ0n) is 10.8. The minimum atomic E-state index is -0.286. The maximum Gasteiger partial charge on any atom is 0.271 e. The summed E-state index contributed by atoms with van der Waals surface area (Å²) in [6.07, 6.45) is 0. The Morgan fingerprint density at radius 3 is 2.65 bits per heavy atom. The number of H-pyrrole nitrogens is 1. The third-order valence-corrected chi connectivity index (χ3v) is 4.19. The molecule has 0 radical (unpaired) electrons. The number of carbonyl (C=O) groups excluding carboxylic acids is 1. The number of amides is 1.